The lowest BCUT2D eigenvalue weighted by molar-refractivity contribution is 0.660. The van der Waals surface area contributed by atoms with E-state index < -0.39 is 0 Å². The number of anilines is 3. The topological polar surface area (TPSA) is 21.1 Å². The summed E-state index contributed by atoms with van der Waals surface area (Å²) in [4.78, 5) is 7.12. The second-order valence-corrected chi connectivity index (χ2v) is 13.8. The van der Waals surface area contributed by atoms with Crippen molar-refractivity contribution < 1.29 is 0 Å². The number of hydrogen-bond acceptors (Lipinski definition) is 2. The van der Waals surface area contributed by atoms with Gasteiger partial charge in [0.15, 0.2) is 0 Å². The molecule has 0 amide bonds. The number of fused-ring (bicyclic) bond motifs is 6. The van der Waals surface area contributed by atoms with Gasteiger partial charge in [-0.15, -0.1) is 0 Å². The molecular formula is C44H39N3. The normalized spacial score (nSPS) is 18.3. The summed E-state index contributed by atoms with van der Waals surface area (Å²) in [5, 5.41) is 0. The van der Waals surface area contributed by atoms with E-state index in [1.165, 1.54) is 50.5 Å². The molecule has 2 heterocycles. The van der Waals surface area contributed by atoms with Gasteiger partial charge in [-0.05, 0) is 126 Å². The predicted octanol–water partition coefficient (Wildman–Crippen LogP) is 11.2. The molecule has 3 nitrogen and oxygen atoms in total. The largest absolute Gasteiger partial charge is 0.314 e. The van der Waals surface area contributed by atoms with Crippen molar-refractivity contribution in [3.8, 4) is 11.1 Å². The molecule has 3 heteroatoms. The minimum Gasteiger partial charge on any atom is -0.314 e. The molecule has 2 aromatic heterocycles. The quantitative estimate of drug-likeness (QED) is 0.198. The third-order valence-corrected chi connectivity index (χ3v) is 10.8. The molecular weight excluding hydrogens is 571 g/mol. The maximum atomic E-state index is 4.82. The smallest absolute Gasteiger partial charge is 0.137 e. The standard InChI is InChI=1S/C44H39N3/c1-44(2)39-16-8-6-14-35(39)36-25-24-34(29-40(36)44)46(43-18-10-11-27-45-43)33-22-19-30(20-23-33)31-21-26-42-38(28-31)37-15-7-9-17-41(37)47(42)32-12-4-3-5-13-32/h3-4,6,8-12,14,16-27,29,31H,5,7,13,15,28H2,1-2H3. The van der Waals surface area contributed by atoms with Crippen molar-refractivity contribution in [3.05, 3.63) is 161 Å². The minimum absolute atomic E-state index is 0.0636. The minimum atomic E-state index is -0.0636. The van der Waals surface area contributed by atoms with Crippen LogP contribution in [-0.4, -0.2) is 9.55 Å². The van der Waals surface area contributed by atoms with E-state index >= 15 is 0 Å². The van der Waals surface area contributed by atoms with Gasteiger partial charge in [0.05, 0.1) is 0 Å². The monoisotopic (exact) mass is 609 g/mol. The SMILES string of the molecule is CC1(C)c2ccccc2-c2ccc(N(c3ccc(C4C=Cc5c(c6c(n5C5=CC=CCC5)C=CCC6)C4)cc3)c3ccccn3)cc21. The average Bonchev–Trinajstić information content (AvgIpc) is 3.58. The molecule has 0 fully saturated rings. The van der Waals surface area contributed by atoms with E-state index in [0.29, 0.717) is 5.92 Å². The number of benzene rings is 3. The first-order chi connectivity index (χ1) is 23.1. The van der Waals surface area contributed by atoms with E-state index in [4.69, 9.17) is 4.98 Å². The van der Waals surface area contributed by atoms with E-state index in [1.807, 2.05) is 12.3 Å². The Morgan fingerprint density at radius 2 is 1.53 bits per heavy atom. The van der Waals surface area contributed by atoms with Gasteiger partial charge >= 0.3 is 0 Å². The average molecular weight is 610 g/mol. The molecule has 0 aliphatic heterocycles. The van der Waals surface area contributed by atoms with Crippen LogP contribution in [0.1, 0.15) is 78.2 Å². The molecule has 0 saturated carbocycles. The van der Waals surface area contributed by atoms with Crippen LogP contribution in [0.3, 0.4) is 0 Å². The second kappa shape index (κ2) is 11.0. The lowest BCUT2D eigenvalue weighted by atomic mass is 9.82. The van der Waals surface area contributed by atoms with Gasteiger partial charge in [-0.2, -0.15) is 0 Å². The number of nitrogens with zero attached hydrogens (tertiary/aromatic N) is 3. The van der Waals surface area contributed by atoms with Crippen LogP contribution in [-0.2, 0) is 18.3 Å². The molecule has 4 aliphatic carbocycles. The molecule has 1 atom stereocenters. The molecule has 9 rings (SSSR count). The summed E-state index contributed by atoms with van der Waals surface area (Å²) in [5.74, 6) is 1.27. The fourth-order valence-corrected chi connectivity index (χ4v) is 8.40. The van der Waals surface area contributed by atoms with Gasteiger partial charge in [0.2, 0.25) is 0 Å². The molecule has 0 radical (unpaired) electrons. The highest BCUT2D eigenvalue weighted by molar-refractivity contribution is 5.85. The van der Waals surface area contributed by atoms with Gasteiger partial charge in [-0.1, -0.05) is 86.7 Å². The maximum Gasteiger partial charge on any atom is 0.137 e. The molecule has 47 heavy (non-hydrogen) atoms. The summed E-state index contributed by atoms with van der Waals surface area (Å²) < 4.78 is 2.54. The highest BCUT2D eigenvalue weighted by Gasteiger charge is 2.36. The number of rotatable bonds is 5. The molecule has 0 saturated heterocycles. The van der Waals surface area contributed by atoms with Crippen LogP contribution < -0.4 is 4.90 Å². The lowest BCUT2D eigenvalue weighted by Crippen LogP contribution is -2.17. The first-order valence-electron chi connectivity index (χ1n) is 17.1. The molecule has 5 aromatic rings. The molecule has 0 N–H and O–H groups in total. The molecule has 4 aliphatic rings. The van der Waals surface area contributed by atoms with E-state index in [2.05, 4.69) is 145 Å². The summed E-state index contributed by atoms with van der Waals surface area (Å²) in [6.07, 6.45) is 23.7. The zero-order chi connectivity index (χ0) is 31.5. The van der Waals surface area contributed by atoms with Gasteiger partial charge in [0.1, 0.15) is 5.82 Å². The number of aromatic nitrogens is 2. The zero-order valence-electron chi connectivity index (χ0n) is 27.2. The third kappa shape index (κ3) is 4.52. The van der Waals surface area contributed by atoms with Crippen molar-refractivity contribution in [2.24, 2.45) is 0 Å². The fraction of sp³-hybridized carbons (Fsp3) is 0.205. The van der Waals surface area contributed by atoms with Crippen LogP contribution in [0.4, 0.5) is 17.2 Å². The van der Waals surface area contributed by atoms with Crippen LogP contribution in [0, 0.1) is 0 Å². The van der Waals surface area contributed by atoms with Crippen molar-refractivity contribution in [1.82, 2.24) is 9.55 Å². The predicted molar refractivity (Wildman–Crippen MR) is 196 cm³/mol. The van der Waals surface area contributed by atoms with E-state index in [0.717, 1.165) is 49.3 Å². The molecule has 230 valence electrons. The van der Waals surface area contributed by atoms with E-state index in [1.54, 1.807) is 5.56 Å². The van der Waals surface area contributed by atoms with Gasteiger partial charge in [0.25, 0.3) is 0 Å². The van der Waals surface area contributed by atoms with Crippen molar-refractivity contribution in [2.75, 3.05) is 4.90 Å². The Labute approximate surface area is 277 Å². The Morgan fingerprint density at radius 3 is 2.36 bits per heavy atom. The molecule has 3 aromatic carbocycles. The Hall–Kier alpha value is -5.15. The Bertz CT molecular complexity index is 2140. The van der Waals surface area contributed by atoms with Gasteiger partial charge in [0, 0.05) is 46.0 Å². The molecule has 0 spiro atoms. The van der Waals surface area contributed by atoms with Crippen molar-refractivity contribution in [3.63, 3.8) is 0 Å². The van der Waals surface area contributed by atoms with Gasteiger partial charge in [-0.25, -0.2) is 4.98 Å². The Kier molecular flexibility index (Phi) is 6.57. The molecule has 1 unspecified atom stereocenters. The third-order valence-electron chi connectivity index (χ3n) is 10.8. The van der Waals surface area contributed by atoms with E-state index in [-0.39, 0.29) is 5.41 Å². The number of hydrogen-bond donors (Lipinski definition) is 0. The van der Waals surface area contributed by atoms with Crippen LogP contribution in [0.2, 0.25) is 0 Å². The summed E-state index contributed by atoms with van der Waals surface area (Å²) >= 11 is 0. The number of pyridine rings is 1. The zero-order valence-corrected chi connectivity index (χ0v) is 27.2. The summed E-state index contributed by atoms with van der Waals surface area (Å²) in [7, 11) is 0. The lowest BCUT2D eigenvalue weighted by Gasteiger charge is -2.28. The van der Waals surface area contributed by atoms with Crippen molar-refractivity contribution >= 4 is 35.0 Å². The van der Waals surface area contributed by atoms with Crippen LogP contribution in [0.15, 0.2) is 122 Å². The van der Waals surface area contributed by atoms with Crippen molar-refractivity contribution in [1.29, 1.82) is 0 Å². The summed E-state index contributed by atoms with van der Waals surface area (Å²) in [5.41, 5.74) is 16.3. The second-order valence-electron chi connectivity index (χ2n) is 13.8. The summed E-state index contributed by atoms with van der Waals surface area (Å²) in [6, 6.07) is 31.2. The number of allylic oxidation sites excluding steroid dienone is 6. The fourth-order valence-electron chi connectivity index (χ4n) is 8.40. The van der Waals surface area contributed by atoms with Gasteiger partial charge in [-0.3, -0.25) is 4.90 Å². The first kappa shape index (κ1) is 28.1. The first-order valence-corrected chi connectivity index (χ1v) is 17.1. The Balaban J connectivity index is 1.07. The van der Waals surface area contributed by atoms with Crippen molar-refractivity contribution in [2.45, 2.75) is 57.3 Å². The van der Waals surface area contributed by atoms with Crippen LogP contribution in [0.25, 0.3) is 29.0 Å². The highest BCUT2D eigenvalue weighted by atomic mass is 15.2. The van der Waals surface area contributed by atoms with E-state index in [9.17, 15) is 0 Å². The van der Waals surface area contributed by atoms with Gasteiger partial charge < -0.3 is 4.57 Å². The highest BCUT2D eigenvalue weighted by Crippen LogP contribution is 2.50. The van der Waals surface area contributed by atoms with Crippen LogP contribution in [0.5, 0.6) is 0 Å². The summed E-state index contributed by atoms with van der Waals surface area (Å²) in [6.45, 7) is 4.68. The molecule has 0 bridgehead atoms. The van der Waals surface area contributed by atoms with Crippen LogP contribution >= 0.6 is 0 Å². The maximum absolute atomic E-state index is 4.82. The Morgan fingerprint density at radius 1 is 0.745 bits per heavy atom.